The average molecular weight is 238 g/mol. The first kappa shape index (κ1) is 11.1. The van der Waals surface area contributed by atoms with Gasteiger partial charge in [0.05, 0.1) is 17.1 Å². The van der Waals surface area contributed by atoms with E-state index in [0.29, 0.717) is 30.1 Å². The van der Waals surface area contributed by atoms with Gasteiger partial charge in [-0.3, -0.25) is 9.59 Å². The first-order valence-electron chi connectivity index (χ1n) is 5.25. The van der Waals surface area contributed by atoms with E-state index < -0.39 is 0 Å². The van der Waals surface area contributed by atoms with Crippen molar-refractivity contribution in [2.75, 3.05) is 11.4 Å². The summed E-state index contributed by atoms with van der Waals surface area (Å²) in [6.07, 6.45) is 1.17. The molecule has 1 heterocycles. The zero-order chi connectivity index (χ0) is 11.5. The summed E-state index contributed by atoms with van der Waals surface area (Å²) in [6.45, 7) is 0.564. The summed E-state index contributed by atoms with van der Waals surface area (Å²) in [5, 5.41) is 0.546. The highest BCUT2D eigenvalue weighted by molar-refractivity contribution is 6.34. The van der Waals surface area contributed by atoms with Crippen molar-refractivity contribution in [3.63, 3.8) is 0 Å². The Kier molecular flexibility index (Phi) is 3.25. The van der Waals surface area contributed by atoms with Gasteiger partial charge in [-0.1, -0.05) is 23.7 Å². The molecule has 0 N–H and O–H groups in total. The molecule has 1 aliphatic heterocycles. The molecule has 0 aromatic heterocycles. The van der Waals surface area contributed by atoms with Gasteiger partial charge in [0.2, 0.25) is 5.91 Å². The number of benzene rings is 1. The van der Waals surface area contributed by atoms with Crippen molar-refractivity contribution in [2.45, 2.75) is 19.3 Å². The number of para-hydroxylation sites is 1. The minimum Gasteiger partial charge on any atom is -0.311 e. The third-order valence-corrected chi connectivity index (χ3v) is 2.95. The van der Waals surface area contributed by atoms with E-state index >= 15 is 0 Å². The minimum absolute atomic E-state index is 0.00871. The van der Waals surface area contributed by atoms with Crippen molar-refractivity contribution in [3.8, 4) is 0 Å². The van der Waals surface area contributed by atoms with Crippen LogP contribution in [0.25, 0.3) is 0 Å². The van der Waals surface area contributed by atoms with Crippen LogP contribution in [0.3, 0.4) is 0 Å². The molecule has 1 aliphatic rings. The van der Waals surface area contributed by atoms with Crippen LogP contribution in [0.2, 0.25) is 5.02 Å². The second-order valence-electron chi connectivity index (χ2n) is 3.82. The zero-order valence-corrected chi connectivity index (χ0v) is 9.54. The molecule has 0 atom stereocenters. The zero-order valence-electron chi connectivity index (χ0n) is 8.78. The highest BCUT2D eigenvalue weighted by atomic mass is 35.5. The molecule has 1 aromatic carbocycles. The number of hydrogen-bond acceptors (Lipinski definition) is 2. The molecular formula is C12H12ClNO2. The number of halogens is 1. The molecule has 1 amide bonds. The van der Waals surface area contributed by atoms with Gasteiger partial charge in [-0.15, -0.1) is 0 Å². The van der Waals surface area contributed by atoms with Gasteiger partial charge in [0.15, 0.2) is 0 Å². The van der Waals surface area contributed by atoms with E-state index in [-0.39, 0.29) is 18.1 Å². The van der Waals surface area contributed by atoms with Crippen molar-refractivity contribution in [2.24, 2.45) is 0 Å². The third kappa shape index (κ3) is 2.25. The Bertz CT molecular complexity index is 431. The first-order chi connectivity index (χ1) is 7.68. The standard InChI is InChI=1S/C12H12ClNO2/c13-10-5-1-2-6-11(10)14-7-3-4-9(15)8-12(14)16/h1-2,5-6H,3-4,7-8H2. The van der Waals surface area contributed by atoms with Crippen LogP contribution in [0.4, 0.5) is 5.69 Å². The van der Waals surface area contributed by atoms with Crippen molar-refractivity contribution in [3.05, 3.63) is 29.3 Å². The fraction of sp³-hybridized carbons (Fsp3) is 0.333. The van der Waals surface area contributed by atoms with Gasteiger partial charge in [0.1, 0.15) is 5.78 Å². The van der Waals surface area contributed by atoms with Gasteiger partial charge in [-0.2, -0.15) is 0 Å². The van der Waals surface area contributed by atoms with Crippen LogP contribution < -0.4 is 4.90 Å². The smallest absolute Gasteiger partial charge is 0.234 e. The lowest BCUT2D eigenvalue weighted by Crippen LogP contribution is -2.30. The van der Waals surface area contributed by atoms with Crippen LogP contribution in [0.5, 0.6) is 0 Å². The number of ketones is 1. The van der Waals surface area contributed by atoms with E-state index in [4.69, 9.17) is 11.6 Å². The Labute approximate surface area is 99.0 Å². The second-order valence-corrected chi connectivity index (χ2v) is 4.22. The third-order valence-electron chi connectivity index (χ3n) is 2.63. The number of hydrogen-bond donors (Lipinski definition) is 0. The highest BCUT2D eigenvalue weighted by Crippen LogP contribution is 2.27. The van der Waals surface area contributed by atoms with Crippen LogP contribution in [0, 0.1) is 0 Å². The molecule has 0 aliphatic carbocycles. The monoisotopic (exact) mass is 237 g/mol. The maximum absolute atomic E-state index is 11.8. The normalized spacial score (nSPS) is 17.4. The van der Waals surface area contributed by atoms with Gasteiger partial charge in [-0.05, 0) is 18.6 Å². The summed E-state index contributed by atoms with van der Waals surface area (Å²) in [5.41, 5.74) is 0.698. The SMILES string of the molecule is O=C1CCCN(c2ccccc2Cl)C(=O)C1. The lowest BCUT2D eigenvalue weighted by molar-refractivity contribution is -0.125. The Morgan fingerprint density at radius 1 is 1.19 bits per heavy atom. The second kappa shape index (κ2) is 4.66. The largest absolute Gasteiger partial charge is 0.311 e. The molecule has 1 saturated heterocycles. The molecule has 0 bridgehead atoms. The fourth-order valence-corrected chi connectivity index (χ4v) is 2.07. The topological polar surface area (TPSA) is 37.4 Å². The molecule has 0 radical (unpaired) electrons. The van der Waals surface area contributed by atoms with Gasteiger partial charge in [0.25, 0.3) is 0 Å². The molecule has 3 nitrogen and oxygen atoms in total. The minimum atomic E-state index is -0.157. The van der Waals surface area contributed by atoms with E-state index in [1.165, 1.54) is 0 Å². The number of nitrogens with zero attached hydrogens (tertiary/aromatic N) is 1. The van der Waals surface area contributed by atoms with Gasteiger partial charge in [0, 0.05) is 13.0 Å². The van der Waals surface area contributed by atoms with Crippen molar-refractivity contribution >= 4 is 29.0 Å². The van der Waals surface area contributed by atoms with Crippen molar-refractivity contribution < 1.29 is 9.59 Å². The van der Waals surface area contributed by atoms with Crippen LogP contribution >= 0.6 is 11.6 Å². The van der Waals surface area contributed by atoms with Crippen LogP contribution in [-0.2, 0) is 9.59 Å². The predicted molar refractivity (Wildman–Crippen MR) is 62.7 cm³/mol. The van der Waals surface area contributed by atoms with Gasteiger partial charge >= 0.3 is 0 Å². The number of carbonyl (C=O) groups is 2. The van der Waals surface area contributed by atoms with Gasteiger partial charge in [-0.25, -0.2) is 0 Å². The Hall–Kier alpha value is -1.35. The Morgan fingerprint density at radius 3 is 2.69 bits per heavy atom. The summed E-state index contributed by atoms with van der Waals surface area (Å²) in [6, 6.07) is 7.20. The highest BCUT2D eigenvalue weighted by Gasteiger charge is 2.23. The summed E-state index contributed by atoms with van der Waals surface area (Å²) >= 11 is 6.03. The van der Waals surface area contributed by atoms with E-state index in [1.807, 2.05) is 12.1 Å². The lowest BCUT2D eigenvalue weighted by Gasteiger charge is -2.21. The molecule has 4 heteroatoms. The van der Waals surface area contributed by atoms with E-state index in [1.54, 1.807) is 17.0 Å². The number of rotatable bonds is 1. The molecule has 0 spiro atoms. The predicted octanol–water partition coefficient (Wildman–Crippen LogP) is 2.43. The van der Waals surface area contributed by atoms with Crippen molar-refractivity contribution in [1.82, 2.24) is 0 Å². The Morgan fingerprint density at radius 2 is 1.94 bits per heavy atom. The number of Topliss-reactive ketones (excluding diaryl/α,β-unsaturated/α-hetero) is 1. The molecule has 0 unspecified atom stereocenters. The van der Waals surface area contributed by atoms with E-state index in [2.05, 4.69) is 0 Å². The van der Waals surface area contributed by atoms with Crippen LogP contribution in [0.1, 0.15) is 19.3 Å². The molecule has 84 valence electrons. The van der Waals surface area contributed by atoms with Crippen LogP contribution in [0.15, 0.2) is 24.3 Å². The number of anilines is 1. The molecule has 0 saturated carbocycles. The molecule has 16 heavy (non-hydrogen) atoms. The van der Waals surface area contributed by atoms with E-state index in [0.717, 1.165) is 0 Å². The number of carbonyl (C=O) groups excluding carboxylic acids is 2. The maximum Gasteiger partial charge on any atom is 0.234 e. The van der Waals surface area contributed by atoms with Gasteiger partial charge < -0.3 is 4.90 Å². The van der Waals surface area contributed by atoms with Crippen molar-refractivity contribution in [1.29, 1.82) is 0 Å². The fourth-order valence-electron chi connectivity index (χ4n) is 1.84. The summed E-state index contributed by atoms with van der Waals surface area (Å²) in [4.78, 5) is 24.7. The first-order valence-corrected chi connectivity index (χ1v) is 5.63. The summed E-state index contributed by atoms with van der Waals surface area (Å²) in [5.74, 6) is -0.143. The molecular weight excluding hydrogens is 226 g/mol. The maximum atomic E-state index is 11.8. The quantitative estimate of drug-likeness (QED) is 0.704. The molecule has 1 fully saturated rings. The number of amides is 1. The van der Waals surface area contributed by atoms with E-state index in [9.17, 15) is 9.59 Å². The van der Waals surface area contributed by atoms with Crippen LogP contribution in [-0.4, -0.2) is 18.2 Å². The average Bonchev–Trinajstić information content (AvgIpc) is 2.40. The molecule has 2 rings (SSSR count). The summed E-state index contributed by atoms with van der Waals surface area (Å²) in [7, 11) is 0. The summed E-state index contributed by atoms with van der Waals surface area (Å²) < 4.78 is 0. The lowest BCUT2D eigenvalue weighted by atomic mass is 10.2. The molecule has 1 aromatic rings. The Balaban J connectivity index is 2.29.